The second kappa shape index (κ2) is 10.0. The largest absolute Gasteiger partial charge is 0.461 e. The van der Waals surface area contributed by atoms with Crippen LogP contribution in [-0.4, -0.2) is 31.8 Å². The number of sulfonamides is 1. The van der Waals surface area contributed by atoms with E-state index in [9.17, 15) is 13.2 Å². The Labute approximate surface area is 166 Å². The number of hydrogen-bond donors (Lipinski definition) is 0. The summed E-state index contributed by atoms with van der Waals surface area (Å²) in [6.07, 6.45) is 0.626. The van der Waals surface area contributed by atoms with E-state index in [1.165, 1.54) is 4.31 Å². The minimum Gasteiger partial charge on any atom is -0.461 e. The summed E-state index contributed by atoms with van der Waals surface area (Å²) in [5, 5.41) is 9.04. The molecular formula is C21H24N2O4S. The first-order chi connectivity index (χ1) is 13.4. The van der Waals surface area contributed by atoms with E-state index in [1.54, 1.807) is 62.4 Å². The van der Waals surface area contributed by atoms with Crippen molar-refractivity contribution in [2.45, 2.75) is 38.2 Å². The molecule has 0 aromatic heterocycles. The molecule has 0 radical (unpaired) electrons. The minimum absolute atomic E-state index is 0.0591. The standard InChI is InChI=1S/C21H24N2O4S/c1-3-23(4-2)28(25,26)20-12-9-17(10-13-20)11-14-21(24)27-16-19-8-6-5-7-18(19)15-22/h5-10,12-13H,3-4,11,14,16H2,1-2H3. The lowest BCUT2D eigenvalue weighted by Gasteiger charge is -2.18. The van der Waals surface area contributed by atoms with E-state index in [2.05, 4.69) is 6.07 Å². The Morgan fingerprint density at radius 3 is 2.32 bits per heavy atom. The molecule has 7 heteroatoms. The second-order valence-corrected chi connectivity index (χ2v) is 8.10. The van der Waals surface area contributed by atoms with Crippen molar-refractivity contribution < 1.29 is 17.9 Å². The zero-order valence-corrected chi connectivity index (χ0v) is 16.9. The van der Waals surface area contributed by atoms with Crippen LogP contribution in [-0.2, 0) is 32.6 Å². The molecule has 28 heavy (non-hydrogen) atoms. The van der Waals surface area contributed by atoms with Crippen molar-refractivity contribution in [2.24, 2.45) is 0 Å². The molecule has 6 nitrogen and oxygen atoms in total. The lowest BCUT2D eigenvalue weighted by atomic mass is 10.1. The number of carbonyl (C=O) groups excluding carboxylic acids is 1. The Morgan fingerprint density at radius 2 is 1.71 bits per heavy atom. The van der Waals surface area contributed by atoms with Crippen LogP contribution in [0.25, 0.3) is 0 Å². The van der Waals surface area contributed by atoms with Gasteiger partial charge in [-0.3, -0.25) is 4.79 Å². The maximum atomic E-state index is 12.5. The zero-order chi connectivity index (χ0) is 20.6. The van der Waals surface area contributed by atoms with Crippen LogP contribution in [0.3, 0.4) is 0 Å². The molecule has 0 spiro atoms. The average Bonchev–Trinajstić information content (AvgIpc) is 2.72. The maximum absolute atomic E-state index is 12.5. The van der Waals surface area contributed by atoms with Crippen molar-refractivity contribution in [3.8, 4) is 6.07 Å². The molecule has 0 aliphatic carbocycles. The molecule has 0 aliphatic rings. The predicted molar refractivity (Wildman–Crippen MR) is 106 cm³/mol. The molecule has 0 aliphatic heterocycles. The van der Waals surface area contributed by atoms with Crippen molar-refractivity contribution in [1.29, 1.82) is 5.26 Å². The highest BCUT2D eigenvalue weighted by atomic mass is 32.2. The predicted octanol–water partition coefficient (Wildman–Crippen LogP) is 3.26. The minimum atomic E-state index is -3.48. The summed E-state index contributed by atoms with van der Waals surface area (Å²) in [6, 6.07) is 15.6. The molecule has 0 unspecified atom stereocenters. The van der Waals surface area contributed by atoms with Gasteiger partial charge in [0, 0.05) is 25.1 Å². The third-order valence-corrected chi connectivity index (χ3v) is 6.47. The Kier molecular flexibility index (Phi) is 7.73. The molecule has 148 valence electrons. The van der Waals surface area contributed by atoms with Gasteiger partial charge < -0.3 is 4.74 Å². The number of nitriles is 1. The topological polar surface area (TPSA) is 87.5 Å². The Morgan fingerprint density at radius 1 is 1.07 bits per heavy atom. The highest BCUT2D eigenvalue weighted by molar-refractivity contribution is 7.89. The van der Waals surface area contributed by atoms with Crippen molar-refractivity contribution in [3.05, 3.63) is 65.2 Å². The summed E-state index contributed by atoms with van der Waals surface area (Å²) in [4.78, 5) is 12.2. The van der Waals surface area contributed by atoms with Gasteiger partial charge in [0.1, 0.15) is 6.61 Å². The van der Waals surface area contributed by atoms with Gasteiger partial charge >= 0.3 is 5.97 Å². The first-order valence-electron chi connectivity index (χ1n) is 9.15. The van der Waals surface area contributed by atoms with E-state index >= 15 is 0 Å². The van der Waals surface area contributed by atoms with Crippen molar-refractivity contribution in [3.63, 3.8) is 0 Å². The van der Waals surface area contributed by atoms with E-state index in [0.29, 0.717) is 30.6 Å². The molecule has 0 N–H and O–H groups in total. The van der Waals surface area contributed by atoms with Gasteiger partial charge in [-0.1, -0.05) is 44.2 Å². The van der Waals surface area contributed by atoms with Gasteiger partial charge in [0.15, 0.2) is 0 Å². The van der Waals surface area contributed by atoms with Crippen LogP contribution in [0.2, 0.25) is 0 Å². The number of benzene rings is 2. The summed E-state index contributed by atoms with van der Waals surface area (Å²) in [6.45, 7) is 4.50. The lowest BCUT2D eigenvalue weighted by molar-refractivity contribution is -0.144. The summed E-state index contributed by atoms with van der Waals surface area (Å²) in [7, 11) is -3.48. The summed E-state index contributed by atoms with van der Waals surface area (Å²) in [5.74, 6) is -0.368. The number of hydrogen-bond acceptors (Lipinski definition) is 5. The fourth-order valence-corrected chi connectivity index (χ4v) is 4.23. The van der Waals surface area contributed by atoms with Gasteiger partial charge in [0.2, 0.25) is 10.0 Å². The molecule has 0 fully saturated rings. The Bertz CT molecular complexity index is 943. The molecular weight excluding hydrogens is 376 g/mol. The molecule has 0 heterocycles. The number of rotatable bonds is 9. The molecule has 2 aromatic carbocycles. The normalized spacial score (nSPS) is 11.2. The molecule has 0 saturated carbocycles. The van der Waals surface area contributed by atoms with Crippen LogP contribution in [0.15, 0.2) is 53.4 Å². The van der Waals surface area contributed by atoms with Crippen LogP contribution < -0.4 is 0 Å². The van der Waals surface area contributed by atoms with E-state index < -0.39 is 10.0 Å². The van der Waals surface area contributed by atoms with Gasteiger partial charge in [-0.2, -0.15) is 9.57 Å². The summed E-state index contributed by atoms with van der Waals surface area (Å²) >= 11 is 0. The smallest absolute Gasteiger partial charge is 0.306 e. The van der Waals surface area contributed by atoms with Crippen molar-refractivity contribution in [2.75, 3.05) is 13.1 Å². The summed E-state index contributed by atoms with van der Waals surface area (Å²) < 4.78 is 31.6. The number of ether oxygens (including phenoxy) is 1. The highest BCUT2D eigenvalue weighted by Gasteiger charge is 2.21. The van der Waals surface area contributed by atoms with Crippen LogP contribution >= 0.6 is 0 Å². The van der Waals surface area contributed by atoms with E-state index in [4.69, 9.17) is 10.00 Å². The van der Waals surface area contributed by atoms with Crippen molar-refractivity contribution >= 4 is 16.0 Å². The second-order valence-electron chi connectivity index (χ2n) is 6.16. The van der Waals surface area contributed by atoms with E-state index in [1.807, 2.05) is 0 Å². The number of aryl methyl sites for hydroxylation is 1. The van der Waals surface area contributed by atoms with Crippen LogP contribution in [0.4, 0.5) is 0 Å². The number of carbonyl (C=O) groups is 1. The average molecular weight is 401 g/mol. The SMILES string of the molecule is CCN(CC)S(=O)(=O)c1ccc(CCC(=O)OCc2ccccc2C#N)cc1. The third-order valence-electron chi connectivity index (χ3n) is 4.41. The van der Waals surface area contributed by atoms with Crippen LogP contribution in [0, 0.1) is 11.3 Å². The molecule has 0 amide bonds. The van der Waals surface area contributed by atoms with Crippen LogP contribution in [0.5, 0.6) is 0 Å². The molecule has 2 aromatic rings. The third kappa shape index (κ3) is 5.41. The van der Waals surface area contributed by atoms with Gasteiger partial charge in [0.05, 0.1) is 16.5 Å². The van der Waals surface area contributed by atoms with E-state index in [0.717, 1.165) is 5.56 Å². The fourth-order valence-electron chi connectivity index (χ4n) is 2.77. The number of esters is 1. The number of nitrogens with zero attached hydrogens (tertiary/aromatic N) is 2. The van der Waals surface area contributed by atoms with Crippen LogP contribution in [0.1, 0.15) is 37.0 Å². The van der Waals surface area contributed by atoms with E-state index in [-0.39, 0.29) is 23.9 Å². The van der Waals surface area contributed by atoms with Gasteiger partial charge in [-0.25, -0.2) is 8.42 Å². The quantitative estimate of drug-likeness (QED) is 0.603. The van der Waals surface area contributed by atoms with Gasteiger partial charge in [0.25, 0.3) is 0 Å². The van der Waals surface area contributed by atoms with Gasteiger partial charge in [-0.05, 0) is 30.2 Å². The maximum Gasteiger partial charge on any atom is 0.306 e. The highest BCUT2D eigenvalue weighted by Crippen LogP contribution is 2.17. The fraction of sp³-hybridized carbons (Fsp3) is 0.333. The Hall–Kier alpha value is -2.69. The van der Waals surface area contributed by atoms with Gasteiger partial charge in [-0.15, -0.1) is 0 Å². The summed E-state index contributed by atoms with van der Waals surface area (Å²) in [5.41, 5.74) is 2.01. The monoisotopic (exact) mass is 400 g/mol. The van der Waals surface area contributed by atoms with Crippen molar-refractivity contribution in [1.82, 2.24) is 4.31 Å². The molecule has 0 bridgehead atoms. The molecule has 0 atom stereocenters. The first-order valence-corrected chi connectivity index (χ1v) is 10.6. The first kappa shape index (κ1) is 21.6. The zero-order valence-electron chi connectivity index (χ0n) is 16.1. The molecule has 0 saturated heterocycles. The Balaban J connectivity index is 1.91. The molecule has 2 rings (SSSR count). The lowest BCUT2D eigenvalue weighted by Crippen LogP contribution is -2.30.